The Labute approximate surface area is 81.4 Å². The van der Waals surface area contributed by atoms with Crippen LogP contribution in [0.2, 0.25) is 0 Å². The second kappa shape index (κ2) is 5.10. The minimum absolute atomic E-state index is 0.0869. The maximum atomic E-state index is 12.9. The van der Waals surface area contributed by atoms with Crippen molar-refractivity contribution in [1.29, 1.82) is 0 Å². The number of carbonyl (C=O) groups is 1. The summed E-state index contributed by atoms with van der Waals surface area (Å²) in [5.41, 5.74) is 0.277. The van der Waals surface area contributed by atoms with E-state index in [0.717, 1.165) is 0 Å². The van der Waals surface area contributed by atoms with Gasteiger partial charge in [-0.15, -0.1) is 0 Å². The third-order valence-electron chi connectivity index (χ3n) is 1.55. The Bertz CT molecular complexity index is 393. The van der Waals surface area contributed by atoms with Gasteiger partial charge >= 0.3 is 0 Å². The number of hydrogen-bond acceptors (Lipinski definition) is 3. The zero-order valence-corrected chi connectivity index (χ0v) is 7.67. The fourth-order valence-electron chi connectivity index (χ4n) is 0.897. The number of nitrogens with one attached hydrogen (secondary N) is 1. The molecule has 1 aromatic rings. The van der Waals surface area contributed by atoms with Gasteiger partial charge in [-0.1, -0.05) is 11.8 Å². The van der Waals surface area contributed by atoms with Crippen LogP contribution in [0.3, 0.4) is 0 Å². The van der Waals surface area contributed by atoms with Crippen molar-refractivity contribution in [2.75, 3.05) is 13.6 Å². The normalized spacial score (nSPS) is 9.00. The van der Waals surface area contributed by atoms with Crippen molar-refractivity contribution < 1.29 is 9.18 Å². The summed E-state index contributed by atoms with van der Waals surface area (Å²) in [7, 11) is 1.75. The van der Waals surface area contributed by atoms with Crippen molar-refractivity contribution in [3.05, 3.63) is 29.3 Å². The van der Waals surface area contributed by atoms with Crippen LogP contribution in [-0.2, 0) is 0 Å². The molecule has 0 atom stereocenters. The SMILES string of the molecule is CNCC#Cc1ccnc(F)c1C=O. The molecule has 1 N–H and O–H groups in total. The number of pyridine rings is 1. The third-order valence-corrected chi connectivity index (χ3v) is 1.55. The predicted molar refractivity (Wildman–Crippen MR) is 50.4 cm³/mol. The molecule has 72 valence electrons. The highest BCUT2D eigenvalue weighted by molar-refractivity contribution is 5.79. The molecule has 1 aromatic heterocycles. The monoisotopic (exact) mass is 192 g/mol. The Hall–Kier alpha value is -1.73. The van der Waals surface area contributed by atoms with Gasteiger partial charge in [0.1, 0.15) is 0 Å². The van der Waals surface area contributed by atoms with Gasteiger partial charge in [0.25, 0.3) is 0 Å². The van der Waals surface area contributed by atoms with E-state index in [2.05, 4.69) is 22.1 Å². The van der Waals surface area contributed by atoms with Gasteiger partial charge in [0, 0.05) is 11.8 Å². The molecule has 3 nitrogen and oxygen atoms in total. The lowest BCUT2D eigenvalue weighted by atomic mass is 10.1. The number of nitrogens with zero attached hydrogens (tertiary/aromatic N) is 1. The zero-order valence-electron chi connectivity index (χ0n) is 7.67. The van der Waals surface area contributed by atoms with Crippen molar-refractivity contribution >= 4 is 6.29 Å². The van der Waals surface area contributed by atoms with Crippen LogP contribution in [0.15, 0.2) is 12.3 Å². The average Bonchev–Trinajstić information content (AvgIpc) is 2.18. The van der Waals surface area contributed by atoms with Crippen LogP contribution >= 0.6 is 0 Å². The average molecular weight is 192 g/mol. The molecule has 0 saturated heterocycles. The van der Waals surface area contributed by atoms with Gasteiger partial charge in [0.15, 0.2) is 6.29 Å². The van der Waals surface area contributed by atoms with E-state index in [1.807, 2.05) is 0 Å². The van der Waals surface area contributed by atoms with E-state index in [4.69, 9.17) is 0 Å². The van der Waals surface area contributed by atoms with Crippen molar-refractivity contribution in [1.82, 2.24) is 10.3 Å². The van der Waals surface area contributed by atoms with Gasteiger partial charge in [0.05, 0.1) is 12.1 Å². The molecule has 0 bridgehead atoms. The summed E-state index contributed by atoms with van der Waals surface area (Å²) in [5.74, 6) is 4.64. The second-order valence-corrected chi connectivity index (χ2v) is 2.51. The Morgan fingerprint density at radius 1 is 1.71 bits per heavy atom. The van der Waals surface area contributed by atoms with E-state index in [1.54, 1.807) is 7.05 Å². The molecule has 4 heteroatoms. The Balaban J connectivity index is 3.04. The molecule has 0 aromatic carbocycles. The molecule has 0 fully saturated rings. The van der Waals surface area contributed by atoms with Gasteiger partial charge in [-0.2, -0.15) is 4.39 Å². The first kappa shape index (κ1) is 10.4. The summed E-state index contributed by atoms with van der Waals surface area (Å²) in [6.45, 7) is 0.488. The molecule has 0 aliphatic carbocycles. The minimum Gasteiger partial charge on any atom is -0.309 e. The molecule has 0 spiro atoms. The zero-order chi connectivity index (χ0) is 10.4. The maximum absolute atomic E-state index is 12.9. The first-order valence-corrected chi connectivity index (χ1v) is 4.02. The number of aromatic nitrogens is 1. The van der Waals surface area contributed by atoms with Gasteiger partial charge < -0.3 is 5.32 Å². The fraction of sp³-hybridized carbons (Fsp3) is 0.200. The van der Waals surface area contributed by atoms with E-state index >= 15 is 0 Å². The maximum Gasteiger partial charge on any atom is 0.224 e. The van der Waals surface area contributed by atoms with Crippen LogP contribution in [0.5, 0.6) is 0 Å². The minimum atomic E-state index is -0.781. The lowest BCUT2D eigenvalue weighted by Gasteiger charge is -1.95. The summed E-state index contributed by atoms with van der Waals surface area (Å²) in [6.07, 6.45) is 1.71. The number of aldehydes is 1. The molecular weight excluding hydrogens is 183 g/mol. The molecule has 0 radical (unpaired) electrons. The van der Waals surface area contributed by atoms with E-state index in [0.29, 0.717) is 18.4 Å². The summed E-state index contributed by atoms with van der Waals surface area (Å²) in [4.78, 5) is 13.9. The standard InChI is InChI=1S/C10H9FN2O/c1-12-5-2-3-8-4-6-13-10(11)9(8)7-14/h4,6-7,12H,5H2,1H3. The lowest BCUT2D eigenvalue weighted by Crippen LogP contribution is -2.04. The van der Waals surface area contributed by atoms with E-state index in [-0.39, 0.29) is 5.56 Å². The second-order valence-electron chi connectivity index (χ2n) is 2.51. The van der Waals surface area contributed by atoms with E-state index in [1.165, 1.54) is 12.3 Å². The van der Waals surface area contributed by atoms with E-state index in [9.17, 15) is 9.18 Å². The number of carbonyl (C=O) groups excluding carboxylic acids is 1. The molecule has 14 heavy (non-hydrogen) atoms. The van der Waals surface area contributed by atoms with Crippen LogP contribution in [0.4, 0.5) is 4.39 Å². The van der Waals surface area contributed by atoms with Crippen molar-refractivity contribution in [2.45, 2.75) is 0 Å². The van der Waals surface area contributed by atoms with Crippen LogP contribution in [0.25, 0.3) is 0 Å². The van der Waals surface area contributed by atoms with Gasteiger partial charge in [-0.25, -0.2) is 4.98 Å². The third kappa shape index (κ3) is 2.38. The predicted octanol–water partition coefficient (Wildman–Crippen LogP) is 0.604. The number of rotatable bonds is 2. The summed E-state index contributed by atoms with van der Waals surface area (Å²) >= 11 is 0. The number of hydrogen-bond donors (Lipinski definition) is 1. The molecular formula is C10H9FN2O. The van der Waals surface area contributed by atoms with E-state index < -0.39 is 5.95 Å². The smallest absolute Gasteiger partial charge is 0.224 e. The highest BCUT2D eigenvalue weighted by atomic mass is 19.1. The highest BCUT2D eigenvalue weighted by Crippen LogP contribution is 2.06. The molecule has 0 amide bonds. The Kier molecular flexibility index (Phi) is 3.77. The quantitative estimate of drug-likeness (QED) is 0.424. The Morgan fingerprint density at radius 3 is 3.14 bits per heavy atom. The first-order chi connectivity index (χ1) is 6.79. The largest absolute Gasteiger partial charge is 0.309 e. The topological polar surface area (TPSA) is 42.0 Å². The first-order valence-electron chi connectivity index (χ1n) is 4.02. The van der Waals surface area contributed by atoms with Gasteiger partial charge in [-0.3, -0.25) is 4.79 Å². The molecule has 0 aliphatic heterocycles. The van der Waals surface area contributed by atoms with Crippen molar-refractivity contribution in [3.63, 3.8) is 0 Å². The highest BCUT2D eigenvalue weighted by Gasteiger charge is 2.05. The summed E-state index contributed by atoms with van der Waals surface area (Å²) in [5, 5.41) is 2.82. The Morgan fingerprint density at radius 2 is 2.50 bits per heavy atom. The fourth-order valence-corrected chi connectivity index (χ4v) is 0.897. The lowest BCUT2D eigenvalue weighted by molar-refractivity contribution is 0.111. The van der Waals surface area contributed by atoms with Crippen molar-refractivity contribution in [2.24, 2.45) is 0 Å². The van der Waals surface area contributed by atoms with Crippen LogP contribution in [-0.4, -0.2) is 24.9 Å². The van der Waals surface area contributed by atoms with Gasteiger partial charge in [0.2, 0.25) is 5.95 Å². The van der Waals surface area contributed by atoms with Crippen LogP contribution in [0.1, 0.15) is 15.9 Å². The van der Waals surface area contributed by atoms with Crippen molar-refractivity contribution in [3.8, 4) is 11.8 Å². The molecule has 0 aliphatic rings. The summed E-state index contributed by atoms with van der Waals surface area (Å²) in [6, 6.07) is 1.51. The summed E-state index contributed by atoms with van der Waals surface area (Å²) < 4.78 is 12.9. The molecule has 0 saturated carbocycles. The van der Waals surface area contributed by atoms with Gasteiger partial charge in [-0.05, 0) is 13.1 Å². The number of halogens is 1. The van der Waals surface area contributed by atoms with Crippen LogP contribution < -0.4 is 5.32 Å². The molecule has 1 rings (SSSR count). The van der Waals surface area contributed by atoms with Crippen LogP contribution in [0, 0.1) is 17.8 Å². The molecule has 0 unspecified atom stereocenters. The molecule has 1 heterocycles.